The van der Waals surface area contributed by atoms with Gasteiger partial charge in [-0.05, 0) is 62.4 Å². The third-order valence-corrected chi connectivity index (χ3v) is 6.23. The van der Waals surface area contributed by atoms with Crippen LogP contribution in [0.5, 0.6) is 0 Å². The van der Waals surface area contributed by atoms with Gasteiger partial charge in [0.1, 0.15) is 4.90 Å². The van der Waals surface area contributed by atoms with Crippen LogP contribution >= 0.6 is 0 Å². The molecule has 6 heteroatoms. The van der Waals surface area contributed by atoms with Gasteiger partial charge in [-0.15, -0.1) is 0 Å². The van der Waals surface area contributed by atoms with Gasteiger partial charge in [0.2, 0.25) is 10.0 Å². The first-order valence-corrected chi connectivity index (χ1v) is 9.35. The van der Waals surface area contributed by atoms with Crippen LogP contribution in [0.4, 0.5) is 0 Å². The minimum atomic E-state index is -3.44. The number of aromatic nitrogens is 2. The predicted molar refractivity (Wildman–Crippen MR) is 88.4 cm³/mol. The normalized spacial score (nSPS) is 19.1. The maximum Gasteiger partial charge on any atom is 0.244 e. The first-order valence-electron chi connectivity index (χ1n) is 7.91. The van der Waals surface area contributed by atoms with Gasteiger partial charge in [0.25, 0.3) is 0 Å². The maximum atomic E-state index is 12.8. The zero-order valence-corrected chi connectivity index (χ0v) is 14.0. The number of hydrogen-bond donors (Lipinski definition) is 0. The number of aryl methyl sites for hydroxylation is 2. The van der Waals surface area contributed by atoms with E-state index >= 15 is 0 Å². The maximum absolute atomic E-state index is 12.8. The Hall–Kier alpha value is -1.79. The molecule has 3 heterocycles. The van der Waals surface area contributed by atoms with Crippen molar-refractivity contribution in [2.45, 2.75) is 43.5 Å². The van der Waals surface area contributed by atoms with E-state index < -0.39 is 10.0 Å². The van der Waals surface area contributed by atoms with E-state index in [4.69, 9.17) is 0 Å². The first kappa shape index (κ1) is 16.1. The summed E-state index contributed by atoms with van der Waals surface area (Å²) in [5, 5.41) is 0. The summed E-state index contributed by atoms with van der Waals surface area (Å²) in [6.07, 6.45) is 8.37. The Morgan fingerprint density at radius 1 is 1.30 bits per heavy atom. The number of hydrogen-bond acceptors (Lipinski definition) is 4. The minimum Gasteiger partial charge on any atom is -0.263 e. The number of nitrogens with zero attached hydrogens (tertiary/aromatic N) is 3. The third kappa shape index (κ3) is 3.59. The summed E-state index contributed by atoms with van der Waals surface area (Å²) in [6.45, 7) is 2.56. The lowest BCUT2D eigenvalue weighted by atomic mass is 10.0. The molecule has 0 amide bonds. The Balaban J connectivity index is 1.73. The fraction of sp³-hybridized carbons (Fsp3) is 0.412. The highest BCUT2D eigenvalue weighted by molar-refractivity contribution is 7.89. The second kappa shape index (κ2) is 6.76. The zero-order valence-electron chi connectivity index (χ0n) is 13.2. The highest BCUT2D eigenvalue weighted by Crippen LogP contribution is 2.28. The van der Waals surface area contributed by atoms with Gasteiger partial charge in [0.15, 0.2) is 0 Å². The quantitative estimate of drug-likeness (QED) is 0.845. The Labute approximate surface area is 137 Å². The van der Waals surface area contributed by atoms with Crippen LogP contribution < -0.4 is 0 Å². The molecule has 0 aromatic carbocycles. The van der Waals surface area contributed by atoms with Crippen LogP contribution in [-0.2, 0) is 16.4 Å². The summed E-state index contributed by atoms with van der Waals surface area (Å²) in [5.41, 5.74) is 2.21. The molecule has 1 saturated heterocycles. The van der Waals surface area contributed by atoms with Gasteiger partial charge in [0.05, 0.1) is 0 Å². The predicted octanol–water partition coefficient (Wildman–Crippen LogP) is 2.57. The van der Waals surface area contributed by atoms with Crippen molar-refractivity contribution in [2.24, 2.45) is 0 Å². The number of sulfonamides is 1. The Morgan fingerprint density at radius 3 is 2.91 bits per heavy atom. The molecule has 0 N–H and O–H groups in total. The van der Waals surface area contributed by atoms with Crippen molar-refractivity contribution in [3.8, 4) is 0 Å². The summed E-state index contributed by atoms with van der Waals surface area (Å²) >= 11 is 0. The lowest BCUT2D eigenvalue weighted by molar-refractivity contribution is 0.370. The van der Waals surface area contributed by atoms with E-state index in [1.54, 1.807) is 22.6 Å². The van der Waals surface area contributed by atoms with E-state index in [-0.39, 0.29) is 10.9 Å². The lowest BCUT2D eigenvalue weighted by Crippen LogP contribution is -2.35. The molecule has 0 spiro atoms. The van der Waals surface area contributed by atoms with Crippen molar-refractivity contribution >= 4 is 10.0 Å². The molecule has 1 aliphatic heterocycles. The molecule has 5 nitrogen and oxygen atoms in total. The van der Waals surface area contributed by atoms with E-state index in [2.05, 4.69) is 16.0 Å². The zero-order chi connectivity index (χ0) is 16.3. The number of pyridine rings is 2. The molecule has 1 aliphatic rings. The Kier molecular flexibility index (Phi) is 4.73. The molecule has 0 bridgehead atoms. The van der Waals surface area contributed by atoms with Crippen LogP contribution in [0.2, 0.25) is 0 Å². The largest absolute Gasteiger partial charge is 0.263 e. The van der Waals surface area contributed by atoms with E-state index in [9.17, 15) is 8.42 Å². The highest BCUT2D eigenvalue weighted by atomic mass is 32.2. The van der Waals surface area contributed by atoms with Crippen LogP contribution in [-0.4, -0.2) is 35.3 Å². The average molecular weight is 331 g/mol. The Morgan fingerprint density at radius 2 is 2.17 bits per heavy atom. The van der Waals surface area contributed by atoms with Gasteiger partial charge >= 0.3 is 0 Å². The molecule has 3 rings (SSSR count). The highest BCUT2D eigenvalue weighted by Gasteiger charge is 2.34. The van der Waals surface area contributed by atoms with Crippen LogP contribution in [0.3, 0.4) is 0 Å². The van der Waals surface area contributed by atoms with Gasteiger partial charge < -0.3 is 0 Å². The summed E-state index contributed by atoms with van der Waals surface area (Å²) in [7, 11) is -3.44. The molecule has 2 aromatic heterocycles. The van der Waals surface area contributed by atoms with Gasteiger partial charge in [-0.1, -0.05) is 0 Å². The molecule has 1 atom stereocenters. The molecule has 0 radical (unpaired) electrons. The van der Waals surface area contributed by atoms with Crippen LogP contribution in [0.1, 0.15) is 30.5 Å². The van der Waals surface area contributed by atoms with Crippen molar-refractivity contribution < 1.29 is 8.42 Å². The molecule has 1 unspecified atom stereocenters. The first-order chi connectivity index (χ1) is 11.1. The van der Waals surface area contributed by atoms with Gasteiger partial charge in [-0.3, -0.25) is 9.97 Å². The molecule has 0 saturated carbocycles. The van der Waals surface area contributed by atoms with E-state index in [0.29, 0.717) is 6.54 Å². The lowest BCUT2D eigenvalue weighted by Gasteiger charge is -2.24. The SMILES string of the molecule is Cc1cc(CCC2CCCN2S(=O)(=O)c2cccnc2)ccn1. The van der Waals surface area contributed by atoms with Gasteiger partial charge in [0, 0.05) is 36.9 Å². The van der Waals surface area contributed by atoms with Crippen LogP contribution in [0.15, 0.2) is 47.8 Å². The number of rotatable bonds is 5. The summed E-state index contributed by atoms with van der Waals surface area (Å²) in [5.74, 6) is 0. The van der Waals surface area contributed by atoms with Crippen molar-refractivity contribution in [3.05, 3.63) is 54.1 Å². The smallest absolute Gasteiger partial charge is 0.244 e. The molecule has 23 heavy (non-hydrogen) atoms. The fourth-order valence-corrected chi connectivity index (χ4v) is 4.83. The summed E-state index contributed by atoms with van der Waals surface area (Å²) < 4.78 is 27.2. The van der Waals surface area contributed by atoms with E-state index in [1.807, 2.05) is 19.2 Å². The van der Waals surface area contributed by atoms with E-state index in [0.717, 1.165) is 31.4 Å². The van der Waals surface area contributed by atoms with Crippen molar-refractivity contribution in [2.75, 3.05) is 6.54 Å². The Bertz CT molecular complexity index is 762. The standard InChI is InChI=1S/C17H21N3O2S/c1-14-12-15(8-10-19-14)6-7-16-4-3-11-20(16)23(21,22)17-5-2-9-18-13-17/h2,5,8-10,12-13,16H,3-4,6-7,11H2,1H3. The molecule has 2 aromatic rings. The van der Waals surface area contributed by atoms with Gasteiger partial charge in [-0.25, -0.2) is 8.42 Å². The molecule has 122 valence electrons. The second-order valence-corrected chi connectivity index (χ2v) is 7.84. The monoisotopic (exact) mass is 331 g/mol. The molecule has 0 aliphatic carbocycles. The average Bonchev–Trinajstić information content (AvgIpc) is 3.03. The third-order valence-electron chi connectivity index (χ3n) is 4.29. The van der Waals surface area contributed by atoms with Crippen molar-refractivity contribution in [1.82, 2.24) is 14.3 Å². The fourth-order valence-electron chi connectivity index (χ4n) is 3.14. The molecule has 1 fully saturated rings. The van der Waals surface area contributed by atoms with Crippen LogP contribution in [0, 0.1) is 6.92 Å². The van der Waals surface area contributed by atoms with Crippen molar-refractivity contribution in [3.63, 3.8) is 0 Å². The van der Waals surface area contributed by atoms with Gasteiger partial charge in [-0.2, -0.15) is 4.31 Å². The summed E-state index contributed by atoms with van der Waals surface area (Å²) in [6, 6.07) is 7.41. The molecular weight excluding hydrogens is 310 g/mol. The molecular formula is C17H21N3O2S. The second-order valence-electron chi connectivity index (χ2n) is 5.94. The topological polar surface area (TPSA) is 63.2 Å². The summed E-state index contributed by atoms with van der Waals surface area (Å²) in [4.78, 5) is 8.42. The van der Waals surface area contributed by atoms with E-state index in [1.165, 1.54) is 11.8 Å². The van der Waals surface area contributed by atoms with Crippen LogP contribution in [0.25, 0.3) is 0 Å². The van der Waals surface area contributed by atoms with Crippen molar-refractivity contribution in [1.29, 1.82) is 0 Å². The minimum absolute atomic E-state index is 0.0636.